The van der Waals surface area contributed by atoms with Gasteiger partial charge in [0, 0.05) is 48.1 Å². The molecule has 5 aliphatic heterocycles. The van der Waals surface area contributed by atoms with Crippen molar-refractivity contribution in [2.75, 3.05) is 37.7 Å². The van der Waals surface area contributed by atoms with Gasteiger partial charge in [0.05, 0.1) is 11.6 Å². The maximum atomic E-state index is 16.9. The molecule has 9 rings (SSSR count). The number of nitrogens with one attached hydrogen (secondary N) is 1. The highest BCUT2D eigenvalue weighted by molar-refractivity contribution is 6.03. The number of ether oxygens (including phenoxy) is 2. The molecule has 2 bridgehead atoms. The van der Waals surface area contributed by atoms with Crippen LogP contribution in [0.2, 0.25) is 0 Å². The molecule has 2 aromatic heterocycles. The average Bonchev–Trinajstić information content (AvgIpc) is 3.67. The van der Waals surface area contributed by atoms with Crippen molar-refractivity contribution in [3.63, 3.8) is 0 Å². The van der Waals surface area contributed by atoms with Crippen molar-refractivity contribution in [1.29, 1.82) is 0 Å². The van der Waals surface area contributed by atoms with Crippen molar-refractivity contribution in [3.05, 3.63) is 47.8 Å². The molecule has 0 unspecified atom stereocenters. The molecule has 0 radical (unpaired) electrons. The molecule has 224 valence electrons. The van der Waals surface area contributed by atoms with Gasteiger partial charge in [-0.2, -0.15) is 9.97 Å². The van der Waals surface area contributed by atoms with Gasteiger partial charge in [-0.3, -0.25) is 4.90 Å². The van der Waals surface area contributed by atoms with Gasteiger partial charge in [-0.1, -0.05) is 36.3 Å². The molecule has 1 N–H and O–H groups in total. The fourth-order valence-corrected chi connectivity index (χ4v) is 8.47. The van der Waals surface area contributed by atoms with Gasteiger partial charge in [0.2, 0.25) is 5.88 Å². The second kappa shape index (κ2) is 9.71. The molecule has 8 nitrogen and oxygen atoms in total. The summed E-state index contributed by atoms with van der Waals surface area (Å²) in [7, 11) is 0. The van der Waals surface area contributed by atoms with E-state index >= 15 is 4.39 Å². The topological polar surface area (TPSA) is 75.6 Å². The Labute approximate surface area is 253 Å². The number of halogens is 2. The summed E-state index contributed by atoms with van der Waals surface area (Å²) in [5.41, 5.74) is 1.06. The van der Waals surface area contributed by atoms with Gasteiger partial charge in [0.15, 0.2) is 5.82 Å². The fourth-order valence-electron chi connectivity index (χ4n) is 8.47. The van der Waals surface area contributed by atoms with Crippen LogP contribution in [0.1, 0.15) is 37.7 Å². The van der Waals surface area contributed by atoms with Gasteiger partial charge in [0.25, 0.3) is 0 Å². The average molecular weight is 595 g/mol. The van der Waals surface area contributed by atoms with E-state index in [9.17, 15) is 4.39 Å². The normalized spacial score (nSPS) is 28.9. The minimum absolute atomic E-state index is 0.00273. The number of aromatic nitrogens is 3. The summed E-state index contributed by atoms with van der Waals surface area (Å²) in [6.45, 7) is 2.63. The maximum Gasteiger partial charge on any atom is 0.319 e. The maximum absolute atomic E-state index is 16.9. The Bertz CT molecular complexity index is 1870. The molecule has 0 saturated carbocycles. The summed E-state index contributed by atoms with van der Waals surface area (Å²) in [4.78, 5) is 18.8. The highest BCUT2D eigenvalue weighted by atomic mass is 19.1. The van der Waals surface area contributed by atoms with Crippen LogP contribution in [0.25, 0.3) is 32.9 Å². The smallest absolute Gasteiger partial charge is 0.319 e. The number of pyridine rings is 1. The van der Waals surface area contributed by atoms with E-state index in [1.165, 1.54) is 0 Å². The highest BCUT2D eigenvalue weighted by Crippen LogP contribution is 2.45. The summed E-state index contributed by atoms with van der Waals surface area (Å²) in [6.07, 6.45) is 9.38. The second-order valence-corrected chi connectivity index (χ2v) is 12.9. The van der Waals surface area contributed by atoms with Crippen LogP contribution in [0.3, 0.4) is 0 Å². The second-order valence-electron chi connectivity index (χ2n) is 12.9. The van der Waals surface area contributed by atoms with E-state index in [4.69, 9.17) is 25.9 Å². The number of hydrogen-bond acceptors (Lipinski definition) is 8. The number of terminal acetylenes is 1. The first-order chi connectivity index (χ1) is 21.5. The largest absolute Gasteiger partial charge is 0.475 e. The van der Waals surface area contributed by atoms with Crippen molar-refractivity contribution in [1.82, 2.24) is 25.2 Å². The SMILES string of the molecule is C#Cc1cccc2cccc(-c3nc4c5c(nc(OC[C@@]67CCCN6C[C@H](F)C7)nc5c3F)N3C[C@H]5CC[C@H](N5)[C@H]3CO4)c12. The standard InChI is InChI=1S/C34H32F2N6O2/c1-2-19-6-3-7-20-8-4-9-23(26(19)20)29-28(36)30-27-31(42-16-22-10-11-24(37-22)25(42)17-43-32(27)38-29)40-33(39-30)44-18-34-12-5-13-41(34)15-21(35)14-34/h1,3-4,6-9,21-22,24-25,37H,5,10-18H2/t21-,22-,24+,25-,34+/m1/s1. The Morgan fingerprint density at radius 1 is 1.11 bits per heavy atom. The van der Waals surface area contributed by atoms with Crippen LogP contribution in [0.4, 0.5) is 14.6 Å². The van der Waals surface area contributed by atoms with E-state index in [0.29, 0.717) is 53.8 Å². The van der Waals surface area contributed by atoms with E-state index in [0.717, 1.165) is 49.5 Å². The zero-order valence-corrected chi connectivity index (χ0v) is 24.2. The van der Waals surface area contributed by atoms with Gasteiger partial charge in [-0.05, 0) is 43.7 Å². The quantitative estimate of drug-likeness (QED) is 0.343. The van der Waals surface area contributed by atoms with Gasteiger partial charge >= 0.3 is 6.01 Å². The lowest BCUT2D eigenvalue weighted by Crippen LogP contribution is -2.60. The predicted octanol–water partition coefficient (Wildman–Crippen LogP) is 4.62. The molecule has 2 aromatic carbocycles. The molecule has 0 aliphatic carbocycles. The Balaban J connectivity index is 1.23. The Morgan fingerprint density at radius 3 is 2.89 bits per heavy atom. The summed E-state index contributed by atoms with van der Waals surface area (Å²) < 4.78 is 44.2. The van der Waals surface area contributed by atoms with E-state index in [1.807, 2.05) is 36.4 Å². The summed E-state index contributed by atoms with van der Waals surface area (Å²) >= 11 is 0. The van der Waals surface area contributed by atoms with E-state index < -0.39 is 12.0 Å². The lowest BCUT2D eigenvalue weighted by Gasteiger charge is -2.40. The van der Waals surface area contributed by atoms with E-state index in [2.05, 4.69) is 26.0 Å². The van der Waals surface area contributed by atoms with Gasteiger partial charge < -0.3 is 19.7 Å². The zero-order chi connectivity index (χ0) is 29.6. The Morgan fingerprint density at radius 2 is 2.00 bits per heavy atom. The third-order valence-corrected chi connectivity index (χ3v) is 10.5. The number of anilines is 1. The molecular weight excluding hydrogens is 562 g/mol. The predicted molar refractivity (Wildman–Crippen MR) is 163 cm³/mol. The number of nitrogens with zero attached hydrogens (tertiary/aromatic N) is 5. The molecule has 4 aromatic rings. The van der Waals surface area contributed by atoms with Crippen molar-refractivity contribution < 1.29 is 18.3 Å². The number of hydrogen-bond donors (Lipinski definition) is 1. The Hall–Kier alpha value is -4.07. The summed E-state index contributed by atoms with van der Waals surface area (Å²) in [5.74, 6) is 3.05. The van der Waals surface area contributed by atoms with Crippen molar-refractivity contribution in [3.8, 4) is 35.5 Å². The number of alkyl halides is 1. The van der Waals surface area contributed by atoms with Crippen LogP contribution in [-0.2, 0) is 0 Å². The molecule has 4 fully saturated rings. The first kappa shape index (κ1) is 26.3. The first-order valence-corrected chi connectivity index (χ1v) is 15.6. The number of benzene rings is 2. The third-order valence-electron chi connectivity index (χ3n) is 10.5. The number of rotatable bonds is 4. The number of piperazine rings is 1. The summed E-state index contributed by atoms with van der Waals surface area (Å²) in [5, 5.41) is 5.80. The molecule has 7 heterocycles. The van der Waals surface area contributed by atoms with Gasteiger partial charge in [-0.15, -0.1) is 6.42 Å². The monoisotopic (exact) mass is 594 g/mol. The molecule has 4 saturated heterocycles. The highest BCUT2D eigenvalue weighted by Gasteiger charge is 2.50. The lowest BCUT2D eigenvalue weighted by molar-refractivity contribution is 0.107. The minimum Gasteiger partial charge on any atom is -0.475 e. The van der Waals surface area contributed by atoms with Crippen LogP contribution >= 0.6 is 0 Å². The molecule has 44 heavy (non-hydrogen) atoms. The van der Waals surface area contributed by atoms with Crippen LogP contribution in [0.15, 0.2) is 36.4 Å². The van der Waals surface area contributed by atoms with E-state index in [-0.39, 0.29) is 41.5 Å². The van der Waals surface area contributed by atoms with Crippen LogP contribution in [0.5, 0.6) is 11.9 Å². The van der Waals surface area contributed by atoms with Crippen molar-refractivity contribution in [2.24, 2.45) is 0 Å². The van der Waals surface area contributed by atoms with Crippen LogP contribution in [0, 0.1) is 18.2 Å². The van der Waals surface area contributed by atoms with Crippen molar-refractivity contribution >= 4 is 27.5 Å². The molecular formula is C34H32F2N6O2. The van der Waals surface area contributed by atoms with Gasteiger partial charge in [0.1, 0.15) is 41.8 Å². The van der Waals surface area contributed by atoms with Crippen LogP contribution < -0.4 is 19.7 Å². The van der Waals surface area contributed by atoms with Crippen molar-refractivity contribution in [2.45, 2.75) is 61.9 Å². The van der Waals surface area contributed by atoms with Gasteiger partial charge in [-0.25, -0.2) is 13.8 Å². The molecule has 0 spiro atoms. The van der Waals surface area contributed by atoms with Crippen LogP contribution in [-0.4, -0.2) is 82.5 Å². The molecule has 10 heteroatoms. The fraction of sp³-hybridized carbons (Fsp3) is 0.441. The third kappa shape index (κ3) is 3.85. The van der Waals surface area contributed by atoms with E-state index in [1.54, 1.807) is 0 Å². The Kier molecular flexibility index (Phi) is 5.82. The zero-order valence-electron chi connectivity index (χ0n) is 24.2. The molecule has 5 aliphatic rings. The first-order valence-electron chi connectivity index (χ1n) is 15.6. The lowest BCUT2D eigenvalue weighted by atomic mass is 9.95. The molecule has 0 amide bonds. The summed E-state index contributed by atoms with van der Waals surface area (Å²) in [6, 6.07) is 12.0. The number of fused-ring (bicyclic) bond motifs is 7. The molecule has 5 atom stereocenters. The minimum atomic E-state index is -0.877.